The smallest absolute Gasteiger partial charge is 0.00385 e. The molecular weight excluding hydrogens is 232 g/mol. The fraction of sp³-hybridized carbons (Fsp3) is 1.00. The van der Waals surface area contributed by atoms with Crippen LogP contribution in [-0.2, 0) is 0 Å². The molecule has 2 nitrogen and oxygen atoms in total. The largest absolute Gasteiger partial charge is 0.317 e. The topological polar surface area (TPSA) is 15.3 Å². The first kappa shape index (κ1) is 17.0. The zero-order chi connectivity index (χ0) is 14.1. The summed E-state index contributed by atoms with van der Waals surface area (Å²) in [5.41, 5.74) is 0. The van der Waals surface area contributed by atoms with E-state index in [9.17, 15) is 0 Å². The predicted octanol–water partition coefficient (Wildman–Crippen LogP) is 3.91. The van der Waals surface area contributed by atoms with Crippen LogP contribution in [0.5, 0.6) is 0 Å². The molecule has 0 saturated carbocycles. The molecular formula is C17H36N2. The molecule has 1 saturated heterocycles. The van der Waals surface area contributed by atoms with E-state index in [0.717, 1.165) is 24.4 Å². The Morgan fingerprint density at radius 1 is 1.11 bits per heavy atom. The zero-order valence-electron chi connectivity index (χ0n) is 13.8. The van der Waals surface area contributed by atoms with Gasteiger partial charge >= 0.3 is 0 Å². The highest BCUT2D eigenvalue weighted by Gasteiger charge is 2.20. The minimum Gasteiger partial charge on any atom is -0.317 e. The first-order valence-electron chi connectivity index (χ1n) is 8.58. The number of hydrogen-bond acceptors (Lipinski definition) is 2. The molecule has 1 rings (SSSR count). The third-order valence-corrected chi connectivity index (χ3v) is 4.75. The summed E-state index contributed by atoms with van der Waals surface area (Å²) in [4.78, 5) is 2.63. The molecule has 19 heavy (non-hydrogen) atoms. The van der Waals surface area contributed by atoms with Crippen LogP contribution in [0.1, 0.15) is 66.2 Å². The standard InChI is InChI=1S/C17H36N2/c1-5-18-12-9-16(4)7-6-8-17-10-13-19(14-11-17)15(2)3/h15-18H,5-14H2,1-4H3. The lowest BCUT2D eigenvalue weighted by Gasteiger charge is -2.34. The molecule has 1 aliphatic heterocycles. The van der Waals surface area contributed by atoms with Crippen molar-refractivity contribution in [1.82, 2.24) is 10.2 Å². The first-order chi connectivity index (χ1) is 9.13. The molecule has 1 aliphatic rings. The maximum Gasteiger partial charge on any atom is 0.00385 e. The minimum atomic E-state index is 0.743. The molecule has 0 aromatic rings. The van der Waals surface area contributed by atoms with E-state index in [-0.39, 0.29) is 0 Å². The number of piperidine rings is 1. The van der Waals surface area contributed by atoms with Crippen LogP contribution in [-0.4, -0.2) is 37.1 Å². The van der Waals surface area contributed by atoms with Crippen molar-refractivity contribution in [3.05, 3.63) is 0 Å². The van der Waals surface area contributed by atoms with Crippen molar-refractivity contribution in [2.45, 2.75) is 72.3 Å². The van der Waals surface area contributed by atoms with E-state index >= 15 is 0 Å². The van der Waals surface area contributed by atoms with Gasteiger partial charge in [0.05, 0.1) is 0 Å². The highest BCUT2D eigenvalue weighted by Crippen LogP contribution is 2.25. The van der Waals surface area contributed by atoms with Gasteiger partial charge in [0.1, 0.15) is 0 Å². The normalized spacial score (nSPS) is 20.1. The second-order valence-electron chi connectivity index (χ2n) is 6.75. The van der Waals surface area contributed by atoms with Gasteiger partial charge in [-0.1, -0.05) is 33.1 Å². The molecule has 114 valence electrons. The molecule has 1 N–H and O–H groups in total. The van der Waals surface area contributed by atoms with Crippen LogP contribution in [0.15, 0.2) is 0 Å². The summed E-state index contributed by atoms with van der Waals surface area (Å²) in [5.74, 6) is 1.91. The summed E-state index contributed by atoms with van der Waals surface area (Å²) in [7, 11) is 0. The van der Waals surface area contributed by atoms with Gasteiger partial charge in [0, 0.05) is 6.04 Å². The quantitative estimate of drug-likeness (QED) is 0.638. The van der Waals surface area contributed by atoms with Gasteiger partial charge in [-0.2, -0.15) is 0 Å². The van der Waals surface area contributed by atoms with Crippen LogP contribution >= 0.6 is 0 Å². The maximum atomic E-state index is 3.43. The molecule has 0 amide bonds. The summed E-state index contributed by atoms with van der Waals surface area (Å²) in [6.07, 6.45) is 8.56. The average Bonchev–Trinajstić information content (AvgIpc) is 2.39. The second kappa shape index (κ2) is 9.77. The van der Waals surface area contributed by atoms with Crippen molar-refractivity contribution in [2.75, 3.05) is 26.2 Å². The SMILES string of the molecule is CCNCCC(C)CCCC1CCN(C(C)C)CC1. The molecule has 0 radical (unpaired) electrons. The molecule has 1 atom stereocenters. The summed E-state index contributed by atoms with van der Waals surface area (Å²) in [5, 5.41) is 3.43. The lowest BCUT2D eigenvalue weighted by atomic mass is 9.89. The van der Waals surface area contributed by atoms with Crippen LogP contribution in [0.3, 0.4) is 0 Å². The Bertz CT molecular complexity index is 207. The van der Waals surface area contributed by atoms with Gasteiger partial charge in [0.25, 0.3) is 0 Å². The van der Waals surface area contributed by atoms with Crippen molar-refractivity contribution < 1.29 is 0 Å². The van der Waals surface area contributed by atoms with Gasteiger partial charge in [-0.15, -0.1) is 0 Å². The number of rotatable bonds is 9. The molecule has 1 fully saturated rings. The number of hydrogen-bond donors (Lipinski definition) is 1. The summed E-state index contributed by atoms with van der Waals surface area (Å²) in [6.45, 7) is 14.2. The number of likely N-dealkylation sites (tertiary alicyclic amines) is 1. The van der Waals surface area contributed by atoms with Crippen molar-refractivity contribution >= 4 is 0 Å². The summed E-state index contributed by atoms with van der Waals surface area (Å²) >= 11 is 0. The predicted molar refractivity (Wildman–Crippen MR) is 85.6 cm³/mol. The summed E-state index contributed by atoms with van der Waals surface area (Å²) in [6, 6.07) is 0.743. The molecule has 2 heteroatoms. The molecule has 1 heterocycles. The number of nitrogens with one attached hydrogen (secondary N) is 1. The highest BCUT2D eigenvalue weighted by molar-refractivity contribution is 4.74. The Morgan fingerprint density at radius 3 is 2.37 bits per heavy atom. The van der Waals surface area contributed by atoms with E-state index < -0.39 is 0 Å². The molecule has 0 bridgehead atoms. The van der Waals surface area contributed by atoms with E-state index in [0.29, 0.717) is 0 Å². The van der Waals surface area contributed by atoms with Crippen molar-refractivity contribution in [3.8, 4) is 0 Å². The molecule has 1 unspecified atom stereocenters. The van der Waals surface area contributed by atoms with Crippen molar-refractivity contribution in [2.24, 2.45) is 11.8 Å². The Kier molecular flexibility index (Phi) is 8.72. The Balaban J connectivity index is 2.01. The first-order valence-corrected chi connectivity index (χ1v) is 8.58. The lowest BCUT2D eigenvalue weighted by molar-refractivity contribution is 0.143. The number of nitrogens with zero attached hydrogens (tertiary/aromatic N) is 1. The van der Waals surface area contributed by atoms with E-state index in [1.807, 2.05) is 0 Å². The van der Waals surface area contributed by atoms with Gasteiger partial charge in [-0.05, 0) is 71.1 Å². The van der Waals surface area contributed by atoms with Gasteiger partial charge < -0.3 is 10.2 Å². The fourth-order valence-corrected chi connectivity index (χ4v) is 3.18. The monoisotopic (exact) mass is 268 g/mol. The van der Waals surface area contributed by atoms with Gasteiger partial charge in [-0.3, -0.25) is 0 Å². The van der Waals surface area contributed by atoms with Crippen LogP contribution in [0.2, 0.25) is 0 Å². The Labute approximate surface area is 121 Å². The van der Waals surface area contributed by atoms with Crippen molar-refractivity contribution in [1.29, 1.82) is 0 Å². The Morgan fingerprint density at radius 2 is 1.79 bits per heavy atom. The molecule has 0 aliphatic carbocycles. The van der Waals surface area contributed by atoms with Crippen LogP contribution in [0, 0.1) is 11.8 Å². The molecule has 0 aromatic carbocycles. The molecule has 0 aromatic heterocycles. The average molecular weight is 268 g/mol. The maximum absolute atomic E-state index is 3.43. The third-order valence-electron chi connectivity index (χ3n) is 4.75. The Hall–Kier alpha value is -0.0800. The molecule has 0 spiro atoms. The zero-order valence-corrected chi connectivity index (χ0v) is 13.8. The van der Waals surface area contributed by atoms with Gasteiger partial charge in [0.2, 0.25) is 0 Å². The third kappa shape index (κ3) is 7.31. The van der Waals surface area contributed by atoms with Crippen molar-refractivity contribution in [3.63, 3.8) is 0 Å². The van der Waals surface area contributed by atoms with E-state index in [1.165, 1.54) is 58.2 Å². The van der Waals surface area contributed by atoms with E-state index in [4.69, 9.17) is 0 Å². The second-order valence-corrected chi connectivity index (χ2v) is 6.75. The summed E-state index contributed by atoms with van der Waals surface area (Å²) < 4.78 is 0. The van der Waals surface area contributed by atoms with Gasteiger partial charge in [0.15, 0.2) is 0 Å². The van der Waals surface area contributed by atoms with E-state index in [1.54, 1.807) is 0 Å². The highest BCUT2D eigenvalue weighted by atomic mass is 15.1. The van der Waals surface area contributed by atoms with Crippen LogP contribution in [0.4, 0.5) is 0 Å². The minimum absolute atomic E-state index is 0.743. The van der Waals surface area contributed by atoms with Crippen LogP contribution < -0.4 is 5.32 Å². The van der Waals surface area contributed by atoms with Gasteiger partial charge in [-0.25, -0.2) is 0 Å². The van der Waals surface area contributed by atoms with E-state index in [2.05, 4.69) is 37.9 Å². The lowest BCUT2D eigenvalue weighted by Crippen LogP contribution is -2.38. The van der Waals surface area contributed by atoms with Crippen LogP contribution in [0.25, 0.3) is 0 Å². The fourth-order valence-electron chi connectivity index (χ4n) is 3.18.